The second-order valence-corrected chi connectivity index (χ2v) is 10.1. The zero-order chi connectivity index (χ0) is 25.1. The van der Waals surface area contributed by atoms with Gasteiger partial charge in [0.15, 0.2) is 0 Å². The Morgan fingerprint density at radius 1 is 0.861 bits per heavy atom. The molecule has 0 bridgehead atoms. The number of aryl methyl sites for hydroxylation is 1. The van der Waals surface area contributed by atoms with Crippen LogP contribution in [0.4, 0.5) is 5.69 Å². The molecular formula is C29H24N2O4S. The Bertz CT molecular complexity index is 1630. The summed E-state index contributed by atoms with van der Waals surface area (Å²) < 4.78 is 36.4. The quantitative estimate of drug-likeness (QED) is 0.299. The molecule has 0 aliphatic carbocycles. The molecule has 36 heavy (non-hydrogen) atoms. The molecule has 1 heterocycles. The van der Waals surface area contributed by atoms with Crippen LogP contribution in [-0.4, -0.2) is 18.9 Å². The number of rotatable bonds is 7. The van der Waals surface area contributed by atoms with Gasteiger partial charge >= 0.3 is 0 Å². The smallest absolute Gasteiger partial charge is 0.262 e. The van der Waals surface area contributed by atoms with Gasteiger partial charge in [0, 0.05) is 23.2 Å². The average molecular weight is 497 g/mol. The van der Waals surface area contributed by atoms with E-state index in [-0.39, 0.29) is 17.4 Å². The van der Waals surface area contributed by atoms with Crippen LogP contribution in [-0.2, 0) is 16.6 Å². The third kappa shape index (κ3) is 4.74. The molecule has 1 aromatic heterocycles. The summed E-state index contributed by atoms with van der Waals surface area (Å²) >= 11 is 0. The van der Waals surface area contributed by atoms with Crippen molar-refractivity contribution in [3.63, 3.8) is 0 Å². The van der Waals surface area contributed by atoms with Crippen molar-refractivity contribution in [2.45, 2.75) is 18.4 Å². The van der Waals surface area contributed by atoms with E-state index in [4.69, 9.17) is 4.74 Å². The van der Waals surface area contributed by atoms with E-state index >= 15 is 0 Å². The second kappa shape index (κ2) is 9.71. The molecule has 1 N–H and O–H groups in total. The number of nitrogens with one attached hydrogen (secondary N) is 1. The molecule has 0 amide bonds. The zero-order valence-electron chi connectivity index (χ0n) is 19.6. The lowest BCUT2D eigenvalue weighted by Crippen LogP contribution is -2.14. The van der Waals surface area contributed by atoms with Crippen LogP contribution in [0.2, 0.25) is 0 Å². The van der Waals surface area contributed by atoms with Crippen molar-refractivity contribution in [2.24, 2.45) is 0 Å². The topological polar surface area (TPSA) is 77.4 Å². The van der Waals surface area contributed by atoms with Crippen LogP contribution in [0.3, 0.4) is 0 Å². The minimum atomic E-state index is -3.81. The van der Waals surface area contributed by atoms with Crippen molar-refractivity contribution in [3.8, 4) is 5.75 Å². The summed E-state index contributed by atoms with van der Waals surface area (Å²) in [6.07, 6.45) is 1.75. The van der Waals surface area contributed by atoms with Crippen LogP contribution in [0.5, 0.6) is 5.75 Å². The van der Waals surface area contributed by atoms with E-state index in [1.54, 1.807) is 53.2 Å². The summed E-state index contributed by atoms with van der Waals surface area (Å²) in [5.74, 6) is 0.204. The Labute approximate surface area is 209 Å². The highest BCUT2D eigenvalue weighted by atomic mass is 32.2. The standard InChI is InChI=1S/C29H24N2O4S/c1-21-19-31(29(32)23-13-7-3-8-14-23)28-26(21)17-24(30-36(33,34)25-15-9-4-10-16-25)18-27(28)35-20-22-11-5-2-6-12-22/h2-19,30H,20H2,1H3. The minimum absolute atomic E-state index is 0.158. The number of nitrogens with zero attached hydrogens (tertiary/aromatic N) is 1. The van der Waals surface area contributed by atoms with Crippen molar-refractivity contribution in [2.75, 3.05) is 4.72 Å². The summed E-state index contributed by atoms with van der Waals surface area (Å²) in [5, 5.41) is 0.718. The van der Waals surface area contributed by atoms with Crippen molar-refractivity contribution in [3.05, 3.63) is 126 Å². The van der Waals surface area contributed by atoms with Gasteiger partial charge in [0.2, 0.25) is 0 Å². The van der Waals surface area contributed by atoms with Gasteiger partial charge in [-0.2, -0.15) is 0 Å². The van der Waals surface area contributed by atoms with Gasteiger partial charge in [-0.25, -0.2) is 8.42 Å². The Morgan fingerprint density at radius 3 is 2.14 bits per heavy atom. The van der Waals surface area contributed by atoms with Crippen molar-refractivity contribution < 1.29 is 17.9 Å². The number of carbonyl (C=O) groups excluding carboxylic acids is 1. The molecule has 6 nitrogen and oxygen atoms in total. The summed E-state index contributed by atoms with van der Waals surface area (Å²) in [6.45, 7) is 2.14. The van der Waals surface area contributed by atoms with Crippen LogP contribution in [0.25, 0.3) is 10.9 Å². The summed E-state index contributed by atoms with van der Waals surface area (Å²) in [5.41, 5.74) is 3.24. The maximum absolute atomic E-state index is 13.4. The largest absolute Gasteiger partial charge is 0.487 e. The van der Waals surface area contributed by atoms with Crippen molar-refractivity contribution in [1.29, 1.82) is 0 Å². The van der Waals surface area contributed by atoms with Crippen LogP contribution < -0.4 is 9.46 Å². The van der Waals surface area contributed by atoms with E-state index in [1.807, 2.05) is 55.5 Å². The zero-order valence-corrected chi connectivity index (χ0v) is 20.4. The number of hydrogen-bond acceptors (Lipinski definition) is 4. The van der Waals surface area contributed by atoms with Crippen molar-refractivity contribution in [1.82, 2.24) is 4.57 Å². The third-order valence-corrected chi connectivity index (χ3v) is 7.24. The molecule has 5 aromatic rings. The molecule has 0 atom stereocenters. The molecule has 7 heteroatoms. The first-order valence-electron chi connectivity index (χ1n) is 11.4. The summed E-state index contributed by atoms with van der Waals surface area (Å²) in [7, 11) is -3.81. The number of benzene rings is 4. The Balaban J connectivity index is 1.61. The molecule has 0 fully saturated rings. The van der Waals surface area contributed by atoms with Gasteiger partial charge in [-0.1, -0.05) is 66.7 Å². The molecular weight excluding hydrogens is 472 g/mol. The number of carbonyl (C=O) groups is 1. The van der Waals surface area contributed by atoms with Crippen LogP contribution in [0.15, 0.2) is 114 Å². The molecule has 4 aromatic carbocycles. The van der Waals surface area contributed by atoms with Gasteiger partial charge in [-0.05, 0) is 48.4 Å². The fourth-order valence-corrected chi connectivity index (χ4v) is 5.14. The summed E-state index contributed by atoms with van der Waals surface area (Å²) in [4.78, 5) is 13.6. The number of sulfonamides is 1. The number of anilines is 1. The first kappa shape index (κ1) is 23.4. The third-order valence-electron chi connectivity index (χ3n) is 5.85. The molecule has 0 unspecified atom stereocenters. The van der Waals surface area contributed by atoms with Gasteiger partial charge < -0.3 is 4.74 Å². The predicted octanol–water partition coefficient (Wildman–Crippen LogP) is 6.02. The lowest BCUT2D eigenvalue weighted by molar-refractivity contribution is 0.0964. The van der Waals surface area contributed by atoms with Gasteiger partial charge in [-0.3, -0.25) is 14.1 Å². The van der Waals surface area contributed by atoms with Gasteiger partial charge in [0.25, 0.3) is 15.9 Å². The van der Waals surface area contributed by atoms with Crippen LogP contribution in [0.1, 0.15) is 21.5 Å². The lowest BCUT2D eigenvalue weighted by Gasteiger charge is -2.14. The highest BCUT2D eigenvalue weighted by Gasteiger charge is 2.21. The van der Waals surface area contributed by atoms with Gasteiger partial charge in [0.1, 0.15) is 12.4 Å². The van der Waals surface area contributed by atoms with E-state index < -0.39 is 10.0 Å². The van der Waals surface area contributed by atoms with E-state index in [1.165, 1.54) is 12.1 Å². The highest BCUT2D eigenvalue weighted by Crippen LogP contribution is 2.35. The monoisotopic (exact) mass is 496 g/mol. The highest BCUT2D eigenvalue weighted by molar-refractivity contribution is 7.92. The number of ether oxygens (including phenoxy) is 1. The van der Waals surface area contributed by atoms with E-state index in [0.717, 1.165) is 16.5 Å². The Morgan fingerprint density at radius 2 is 1.47 bits per heavy atom. The summed E-state index contributed by atoms with van der Waals surface area (Å²) in [6, 6.07) is 30.2. The van der Waals surface area contributed by atoms with Crippen LogP contribution in [0, 0.1) is 6.92 Å². The molecule has 0 saturated heterocycles. The normalized spacial score (nSPS) is 11.4. The number of aromatic nitrogens is 1. The molecule has 0 aliphatic rings. The fourth-order valence-electron chi connectivity index (χ4n) is 4.08. The lowest BCUT2D eigenvalue weighted by atomic mass is 10.1. The fraction of sp³-hybridized carbons (Fsp3) is 0.0690. The number of fused-ring (bicyclic) bond motifs is 1. The van der Waals surface area contributed by atoms with Gasteiger partial charge in [0.05, 0.1) is 16.1 Å². The molecule has 0 radical (unpaired) electrons. The predicted molar refractivity (Wildman–Crippen MR) is 141 cm³/mol. The molecule has 0 saturated carbocycles. The Hall–Kier alpha value is -4.36. The SMILES string of the molecule is Cc1cn(C(=O)c2ccccc2)c2c(OCc3ccccc3)cc(NS(=O)(=O)c3ccccc3)cc12. The van der Waals surface area contributed by atoms with E-state index in [0.29, 0.717) is 22.5 Å². The molecule has 0 aliphatic heterocycles. The average Bonchev–Trinajstić information content (AvgIpc) is 3.24. The maximum Gasteiger partial charge on any atom is 0.262 e. The second-order valence-electron chi connectivity index (χ2n) is 8.42. The van der Waals surface area contributed by atoms with Gasteiger partial charge in [-0.15, -0.1) is 0 Å². The minimum Gasteiger partial charge on any atom is -0.487 e. The van der Waals surface area contributed by atoms with Crippen molar-refractivity contribution >= 4 is 32.5 Å². The Kier molecular flexibility index (Phi) is 6.31. The molecule has 0 spiro atoms. The van der Waals surface area contributed by atoms with E-state index in [2.05, 4.69) is 4.72 Å². The van der Waals surface area contributed by atoms with E-state index in [9.17, 15) is 13.2 Å². The molecule has 5 rings (SSSR count). The van der Waals surface area contributed by atoms with Crippen LogP contribution >= 0.6 is 0 Å². The first-order chi connectivity index (χ1) is 17.4. The number of hydrogen-bond donors (Lipinski definition) is 1. The molecule has 180 valence electrons. The maximum atomic E-state index is 13.4. The first-order valence-corrected chi connectivity index (χ1v) is 12.9.